The molecule has 2 aromatic carbocycles. The molecule has 0 aromatic heterocycles. The quantitative estimate of drug-likeness (QED) is 0.347. The van der Waals surface area contributed by atoms with Crippen LogP contribution in [0.15, 0.2) is 54.1 Å². The number of likely N-dealkylation sites (tertiary alicyclic amines) is 1. The highest BCUT2D eigenvalue weighted by Gasteiger charge is 2.46. The van der Waals surface area contributed by atoms with Crippen LogP contribution in [0.3, 0.4) is 0 Å². The third-order valence-corrected chi connectivity index (χ3v) is 6.53. The number of ketones is 1. The Labute approximate surface area is 202 Å². The van der Waals surface area contributed by atoms with E-state index >= 15 is 0 Å². The van der Waals surface area contributed by atoms with Gasteiger partial charge >= 0.3 is 0 Å². The highest BCUT2D eigenvalue weighted by molar-refractivity contribution is 6.46. The van der Waals surface area contributed by atoms with Crippen molar-refractivity contribution in [2.75, 3.05) is 33.3 Å². The number of hydrogen-bond acceptors (Lipinski definition) is 5. The van der Waals surface area contributed by atoms with Gasteiger partial charge in [0, 0.05) is 13.1 Å². The summed E-state index contributed by atoms with van der Waals surface area (Å²) < 4.78 is 5.52. The Kier molecular flexibility index (Phi) is 7.82. The molecule has 1 aliphatic rings. The topological polar surface area (TPSA) is 70.1 Å². The number of rotatable bonds is 8. The average Bonchev–Trinajstić information content (AvgIpc) is 3.08. The molecule has 3 rings (SSSR count). The lowest BCUT2D eigenvalue weighted by molar-refractivity contribution is -0.140. The van der Waals surface area contributed by atoms with E-state index in [0.29, 0.717) is 24.4 Å². The molecule has 1 heterocycles. The molecule has 6 nitrogen and oxygen atoms in total. The van der Waals surface area contributed by atoms with Gasteiger partial charge in [-0.25, -0.2) is 0 Å². The molecule has 1 atom stereocenters. The number of hydrogen-bond donors (Lipinski definition) is 1. The highest BCUT2D eigenvalue weighted by atomic mass is 16.5. The van der Waals surface area contributed by atoms with Crippen LogP contribution in [0.2, 0.25) is 0 Å². The number of methoxy groups -OCH3 is 1. The lowest BCUT2D eigenvalue weighted by Crippen LogP contribution is -2.38. The number of Topliss-reactive ketones (excluding diaryl/α,β-unsaturated/α-hetero) is 1. The van der Waals surface area contributed by atoms with Crippen molar-refractivity contribution in [3.8, 4) is 5.75 Å². The van der Waals surface area contributed by atoms with Crippen molar-refractivity contribution in [2.24, 2.45) is 0 Å². The molecule has 0 radical (unpaired) electrons. The van der Waals surface area contributed by atoms with E-state index in [1.165, 1.54) is 7.11 Å². The summed E-state index contributed by atoms with van der Waals surface area (Å²) in [5.74, 6) is -1.02. The van der Waals surface area contributed by atoms with Gasteiger partial charge in [-0.15, -0.1) is 0 Å². The van der Waals surface area contributed by atoms with Crippen molar-refractivity contribution in [2.45, 2.75) is 46.1 Å². The summed E-state index contributed by atoms with van der Waals surface area (Å²) in [6, 6.07) is 14.3. The highest BCUT2D eigenvalue weighted by Crippen LogP contribution is 2.41. The first-order chi connectivity index (χ1) is 16.1. The smallest absolute Gasteiger partial charge is 0.295 e. The molecule has 0 spiro atoms. The molecule has 0 bridgehead atoms. The Morgan fingerprint density at radius 2 is 1.71 bits per heavy atom. The van der Waals surface area contributed by atoms with Crippen LogP contribution >= 0.6 is 0 Å². The number of nitrogens with zero attached hydrogens (tertiary/aromatic N) is 2. The number of amides is 1. The van der Waals surface area contributed by atoms with Crippen LogP contribution in [0.25, 0.3) is 5.76 Å². The van der Waals surface area contributed by atoms with Gasteiger partial charge in [-0.05, 0) is 41.8 Å². The van der Waals surface area contributed by atoms with E-state index < -0.39 is 17.7 Å². The van der Waals surface area contributed by atoms with E-state index in [4.69, 9.17) is 4.74 Å². The van der Waals surface area contributed by atoms with Crippen LogP contribution in [0.4, 0.5) is 0 Å². The van der Waals surface area contributed by atoms with Gasteiger partial charge in [0.1, 0.15) is 11.5 Å². The second-order valence-electron chi connectivity index (χ2n) is 9.60. The molecule has 182 valence electrons. The first-order valence-electron chi connectivity index (χ1n) is 11.9. The third-order valence-electron chi connectivity index (χ3n) is 6.53. The molecular weight excluding hydrogens is 428 g/mol. The number of likely N-dealkylation sites (N-methyl/N-ethyl adjacent to an activating group) is 1. The molecule has 1 N–H and O–H groups in total. The summed E-state index contributed by atoms with van der Waals surface area (Å²) in [5, 5.41) is 11.5. The van der Waals surface area contributed by atoms with E-state index in [2.05, 4.69) is 39.5 Å². The van der Waals surface area contributed by atoms with Crippen LogP contribution in [-0.2, 0) is 15.0 Å². The van der Waals surface area contributed by atoms with Crippen molar-refractivity contribution in [1.29, 1.82) is 0 Å². The fourth-order valence-electron chi connectivity index (χ4n) is 4.39. The number of carbonyl (C=O) groups excluding carboxylic acids is 2. The molecule has 1 fully saturated rings. The van der Waals surface area contributed by atoms with Crippen molar-refractivity contribution < 1.29 is 19.4 Å². The number of ether oxygens (including phenoxy) is 1. The summed E-state index contributed by atoms with van der Waals surface area (Å²) in [5.41, 5.74) is 2.11. The molecule has 1 amide bonds. The Hall–Kier alpha value is -3.12. The normalized spacial score (nSPS) is 18.1. The summed E-state index contributed by atoms with van der Waals surface area (Å²) >= 11 is 0. The second-order valence-corrected chi connectivity index (χ2v) is 9.60. The fourth-order valence-corrected chi connectivity index (χ4v) is 4.39. The maximum atomic E-state index is 13.3. The molecular formula is C28H36N2O4. The minimum absolute atomic E-state index is 0.0973. The summed E-state index contributed by atoms with van der Waals surface area (Å²) in [6.07, 6.45) is 0. The van der Waals surface area contributed by atoms with Crippen LogP contribution in [-0.4, -0.2) is 59.9 Å². The lowest BCUT2D eigenvalue weighted by atomic mass is 9.85. The lowest BCUT2D eigenvalue weighted by Gasteiger charge is -2.28. The van der Waals surface area contributed by atoms with E-state index in [9.17, 15) is 14.7 Å². The van der Waals surface area contributed by atoms with Crippen LogP contribution < -0.4 is 4.74 Å². The first kappa shape index (κ1) is 25.5. The Balaban J connectivity index is 2.18. The summed E-state index contributed by atoms with van der Waals surface area (Å²) in [6.45, 7) is 13.1. The van der Waals surface area contributed by atoms with Gasteiger partial charge in [0.25, 0.3) is 11.7 Å². The van der Waals surface area contributed by atoms with Crippen molar-refractivity contribution >= 4 is 17.4 Å². The predicted octanol–water partition coefficient (Wildman–Crippen LogP) is 4.76. The van der Waals surface area contributed by atoms with Crippen LogP contribution in [0, 0.1) is 0 Å². The minimum Gasteiger partial charge on any atom is -0.507 e. The maximum absolute atomic E-state index is 13.3. The predicted molar refractivity (Wildman–Crippen MR) is 135 cm³/mol. The molecule has 0 aliphatic carbocycles. The van der Waals surface area contributed by atoms with E-state index in [-0.39, 0.29) is 16.7 Å². The Morgan fingerprint density at radius 3 is 2.26 bits per heavy atom. The summed E-state index contributed by atoms with van der Waals surface area (Å²) in [4.78, 5) is 30.3. The number of aliphatic hydroxyl groups excluding tert-OH is 1. The number of benzene rings is 2. The second kappa shape index (κ2) is 10.4. The molecule has 6 heteroatoms. The fraction of sp³-hybridized carbons (Fsp3) is 0.429. The Bertz CT molecular complexity index is 1070. The standard InChI is InChI=1S/C28H36N2O4/c1-7-29(8-2)16-17-30-24(19-12-10-9-11-13-19)23(26(32)27(30)33)25(31)21-18-20(28(3,4)5)14-15-22(21)34-6/h9-15,18,24,31H,7-8,16-17H2,1-6H3/b25-23+. The van der Waals surface area contributed by atoms with Crippen molar-refractivity contribution in [3.63, 3.8) is 0 Å². The molecule has 0 saturated carbocycles. The number of aliphatic hydroxyl groups is 1. The zero-order valence-corrected chi connectivity index (χ0v) is 21.1. The van der Waals surface area contributed by atoms with Crippen molar-refractivity contribution in [3.05, 3.63) is 70.8 Å². The zero-order valence-electron chi connectivity index (χ0n) is 21.1. The van der Waals surface area contributed by atoms with Crippen molar-refractivity contribution in [1.82, 2.24) is 9.80 Å². The molecule has 1 aliphatic heterocycles. The zero-order chi connectivity index (χ0) is 25.0. The van der Waals surface area contributed by atoms with Gasteiger partial charge in [0.15, 0.2) is 0 Å². The van der Waals surface area contributed by atoms with E-state index in [0.717, 1.165) is 24.2 Å². The Morgan fingerprint density at radius 1 is 1.06 bits per heavy atom. The molecule has 34 heavy (non-hydrogen) atoms. The maximum Gasteiger partial charge on any atom is 0.295 e. The van der Waals surface area contributed by atoms with Gasteiger partial charge in [0.05, 0.1) is 24.3 Å². The van der Waals surface area contributed by atoms with Gasteiger partial charge < -0.3 is 19.6 Å². The van der Waals surface area contributed by atoms with Gasteiger partial charge in [-0.1, -0.05) is 71.0 Å². The number of carbonyl (C=O) groups is 2. The van der Waals surface area contributed by atoms with E-state index in [1.54, 1.807) is 11.0 Å². The molecule has 2 aromatic rings. The molecule has 1 unspecified atom stereocenters. The average molecular weight is 465 g/mol. The van der Waals surface area contributed by atoms with Crippen LogP contribution in [0.5, 0.6) is 5.75 Å². The third kappa shape index (κ3) is 5.02. The minimum atomic E-state index is -0.672. The monoisotopic (exact) mass is 464 g/mol. The van der Waals surface area contributed by atoms with Gasteiger partial charge in [0.2, 0.25) is 0 Å². The summed E-state index contributed by atoms with van der Waals surface area (Å²) in [7, 11) is 1.53. The largest absolute Gasteiger partial charge is 0.507 e. The van der Waals surface area contributed by atoms with Crippen LogP contribution in [0.1, 0.15) is 57.4 Å². The van der Waals surface area contributed by atoms with E-state index in [1.807, 2.05) is 42.5 Å². The van der Waals surface area contributed by atoms with Gasteiger partial charge in [-0.3, -0.25) is 9.59 Å². The van der Waals surface area contributed by atoms with Gasteiger partial charge in [-0.2, -0.15) is 0 Å². The molecule has 1 saturated heterocycles. The SMILES string of the molecule is CCN(CC)CCN1C(=O)C(=O)/C(=C(/O)c2cc(C(C)(C)C)ccc2OC)C1c1ccccc1. The first-order valence-corrected chi connectivity index (χ1v) is 11.9.